The standard InChI is InChI=1S/C27H24F2N2O3/c1-15-14-21-19(5-7-23(31-21)27(3,28)29)25(18(15)10-13-33-16(2)32)20-4-6-22-24-17(9-12-34-22)8-11-30-26(20)24/h4-8,11,14H,9-10,12-13H2,1-3H3. The number of alkyl halides is 2. The molecular weight excluding hydrogens is 438 g/mol. The number of aryl methyl sites for hydroxylation is 1. The van der Waals surface area contributed by atoms with E-state index >= 15 is 0 Å². The molecule has 0 N–H and O–H groups in total. The Labute approximate surface area is 195 Å². The molecule has 2 aromatic heterocycles. The number of nitrogens with zero attached hydrogens (tertiary/aromatic N) is 2. The summed E-state index contributed by atoms with van der Waals surface area (Å²) in [5.41, 5.74) is 5.75. The molecular formula is C27H24F2N2O3. The Hall–Kier alpha value is -3.61. The second-order valence-electron chi connectivity index (χ2n) is 8.69. The van der Waals surface area contributed by atoms with Gasteiger partial charge in [-0.2, -0.15) is 8.78 Å². The highest BCUT2D eigenvalue weighted by Gasteiger charge is 2.27. The van der Waals surface area contributed by atoms with E-state index in [1.807, 2.05) is 31.2 Å². The van der Waals surface area contributed by atoms with Crippen LogP contribution in [0.3, 0.4) is 0 Å². The van der Waals surface area contributed by atoms with Crippen molar-refractivity contribution in [2.75, 3.05) is 13.2 Å². The molecule has 0 saturated carbocycles. The van der Waals surface area contributed by atoms with E-state index in [2.05, 4.69) is 4.98 Å². The molecule has 0 radical (unpaired) electrons. The van der Waals surface area contributed by atoms with Crippen LogP contribution in [0.15, 0.2) is 42.6 Å². The maximum atomic E-state index is 14.0. The fourth-order valence-corrected chi connectivity index (χ4v) is 4.72. The van der Waals surface area contributed by atoms with E-state index in [4.69, 9.17) is 14.5 Å². The second kappa shape index (κ2) is 8.31. The maximum Gasteiger partial charge on any atom is 0.302 e. The lowest BCUT2D eigenvalue weighted by atomic mass is 9.88. The molecule has 2 aromatic carbocycles. The highest BCUT2D eigenvalue weighted by Crippen LogP contribution is 2.42. The topological polar surface area (TPSA) is 61.3 Å². The van der Waals surface area contributed by atoms with Gasteiger partial charge in [0.1, 0.15) is 11.4 Å². The minimum absolute atomic E-state index is 0.213. The van der Waals surface area contributed by atoms with Gasteiger partial charge in [0.25, 0.3) is 5.92 Å². The zero-order valence-electron chi connectivity index (χ0n) is 19.2. The monoisotopic (exact) mass is 462 g/mol. The summed E-state index contributed by atoms with van der Waals surface area (Å²) in [7, 11) is 0. The molecule has 0 atom stereocenters. The van der Waals surface area contributed by atoms with E-state index in [9.17, 15) is 13.6 Å². The lowest BCUT2D eigenvalue weighted by Crippen LogP contribution is -2.11. The largest absolute Gasteiger partial charge is 0.493 e. The zero-order chi connectivity index (χ0) is 24.0. The fourth-order valence-electron chi connectivity index (χ4n) is 4.72. The van der Waals surface area contributed by atoms with Crippen molar-refractivity contribution in [3.8, 4) is 16.9 Å². The summed E-state index contributed by atoms with van der Waals surface area (Å²) in [6.07, 6.45) is 3.06. The number of hydrogen-bond acceptors (Lipinski definition) is 5. The number of aromatic nitrogens is 2. The van der Waals surface area contributed by atoms with Crippen LogP contribution in [-0.4, -0.2) is 29.2 Å². The molecule has 0 spiro atoms. The van der Waals surface area contributed by atoms with E-state index in [-0.39, 0.29) is 18.3 Å². The molecule has 0 aliphatic carbocycles. The normalized spacial score (nSPS) is 13.2. The van der Waals surface area contributed by atoms with Crippen LogP contribution in [0.2, 0.25) is 0 Å². The predicted octanol–water partition coefficient (Wildman–Crippen LogP) is 5.91. The van der Waals surface area contributed by atoms with Gasteiger partial charge in [-0.1, -0.05) is 6.07 Å². The number of esters is 1. The van der Waals surface area contributed by atoms with Crippen molar-refractivity contribution in [2.45, 2.75) is 39.5 Å². The molecule has 174 valence electrons. The van der Waals surface area contributed by atoms with Gasteiger partial charge < -0.3 is 9.47 Å². The van der Waals surface area contributed by atoms with E-state index in [0.717, 1.165) is 63.2 Å². The molecule has 5 nitrogen and oxygen atoms in total. The Kier molecular flexibility index (Phi) is 5.42. The van der Waals surface area contributed by atoms with Crippen molar-refractivity contribution in [3.05, 3.63) is 65.0 Å². The van der Waals surface area contributed by atoms with Crippen LogP contribution in [-0.2, 0) is 28.3 Å². The first-order valence-electron chi connectivity index (χ1n) is 11.2. The Balaban J connectivity index is 1.81. The van der Waals surface area contributed by atoms with Crippen LogP contribution in [0.25, 0.3) is 32.9 Å². The number of hydrogen-bond donors (Lipinski definition) is 0. The van der Waals surface area contributed by atoms with E-state index in [0.29, 0.717) is 18.5 Å². The smallest absolute Gasteiger partial charge is 0.302 e. The summed E-state index contributed by atoms with van der Waals surface area (Å²) >= 11 is 0. The number of rotatable bonds is 5. The van der Waals surface area contributed by atoms with Gasteiger partial charge in [0, 0.05) is 49.2 Å². The summed E-state index contributed by atoms with van der Waals surface area (Å²) in [5, 5.41) is 1.71. The van der Waals surface area contributed by atoms with Gasteiger partial charge in [-0.05, 0) is 59.5 Å². The lowest BCUT2D eigenvalue weighted by Gasteiger charge is -2.22. The Morgan fingerprint density at radius 3 is 2.79 bits per heavy atom. The third-order valence-electron chi connectivity index (χ3n) is 6.27. The van der Waals surface area contributed by atoms with E-state index in [1.54, 1.807) is 12.3 Å². The highest BCUT2D eigenvalue weighted by molar-refractivity contribution is 6.07. The van der Waals surface area contributed by atoms with Crippen LogP contribution in [0, 0.1) is 6.92 Å². The van der Waals surface area contributed by atoms with Crippen LogP contribution in [0.4, 0.5) is 8.78 Å². The first-order chi connectivity index (χ1) is 16.2. The van der Waals surface area contributed by atoms with E-state index < -0.39 is 5.92 Å². The third kappa shape index (κ3) is 3.85. The zero-order valence-corrected chi connectivity index (χ0v) is 19.2. The van der Waals surface area contributed by atoms with E-state index in [1.165, 1.54) is 13.0 Å². The number of carbonyl (C=O) groups excluding carboxylic acids is 1. The van der Waals surface area contributed by atoms with Gasteiger partial charge in [-0.3, -0.25) is 9.78 Å². The molecule has 0 fully saturated rings. The number of benzene rings is 2. The average Bonchev–Trinajstić information content (AvgIpc) is 2.79. The molecule has 0 saturated heterocycles. The first-order valence-corrected chi connectivity index (χ1v) is 11.2. The van der Waals surface area contributed by atoms with Gasteiger partial charge in [0.15, 0.2) is 0 Å². The molecule has 4 aromatic rings. The van der Waals surface area contributed by atoms with Crippen LogP contribution < -0.4 is 4.74 Å². The molecule has 0 bridgehead atoms. The van der Waals surface area contributed by atoms with Gasteiger partial charge >= 0.3 is 5.97 Å². The summed E-state index contributed by atoms with van der Waals surface area (Å²) in [5.74, 6) is -2.61. The maximum absolute atomic E-state index is 14.0. The SMILES string of the molecule is CC(=O)OCCc1c(C)cc2nc(C(C)(F)F)ccc2c1-c1ccc2c3c(ccnc13)CCO2. The predicted molar refractivity (Wildman–Crippen MR) is 126 cm³/mol. The minimum Gasteiger partial charge on any atom is -0.493 e. The molecule has 3 heterocycles. The summed E-state index contributed by atoms with van der Waals surface area (Å²) < 4.78 is 39.2. The van der Waals surface area contributed by atoms with Gasteiger partial charge in [0.2, 0.25) is 0 Å². The number of fused-ring (bicyclic) bond motifs is 1. The molecule has 1 aliphatic heterocycles. The van der Waals surface area contributed by atoms with Gasteiger partial charge in [0.05, 0.1) is 24.2 Å². The van der Waals surface area contributed by atoms with Crippen molar-refractivity contribution in [2.24, 2.45) is 0 Å². The second-order valence-corrected chi connectivity index (χ2v) is 8.69. The van der Waals surface area contributed by atoms with Crippen molar-refractivity contribution < 1.29 is 23.0 Å². The molecule has 0 amide bonds. The van der Waals surface area contributed by atoms with Crippen molar-refractivity contribution in [1.82, 2.24) is 9.97 Å². The van der Waals surface area contributed by atoms with Crippen LogP contribution in [0.1, 0.15) is 36.2 Å². The van der Waals surface area contributed by atoms with Crippen molar-refractivity contribution in [3.63, 3.8) is 0 Å². The number of ether oxygens (including phenoxy) is 2. The Bertz CT molecular complexity index is 1430. The lowest BCUT2D eigenvalue weighted by molar-refractivity contribution is -0.140. The molecule has 34 heavy (non-hydrogen) atoms. The third-order valence-corrected chi connectivity index (χ3v) is 6.27. The molecule has 5 rings (SSSR count). The molecule has 1 aliphatic rings. The summed E-state index contributed by atoms with van der Waals surface area (Å²) in [6.45, 7) is 4.97. The number of carbonyl (C=O) groups is 1. The minimum atomic E-state index is -3.05. The van der Waals surface area contributed by atoms with Crippen molar-refractivity contribution >= 4 is 27.8 Å². The Morgan fingerprint density at radius 1 is 1.21 bits per heavy atom. The van der Waals surface area contributed by atoms with Gasteiger partial charge in [-0.25, -0.2) is 4.98 Å². The number of pyridine rings is 2. The average molecular weight is 462 g/mol. The first kappa shape index (κ1) is 22.2. The quantitative estimate of drug-likeness (QED) is 0.345. The number of halogens is 2. The highest BCUT2D eigenvalue weighted by atomic mass is 19.3. The van der Waals surface area contributed by atoms with Gasteiger partial charge in [-0.15, -0.1) is 0 Å². The summed E-state index contributed by atoms with van der Waals surface area (Å²) in [4.78, 5) is 20.4. The van der Waals surface area contributed by atoms with Crippen LogP contribution in [0.5, 0.6) is 5.75 Å². The molecule has 7 heteroatoms. The fraction of sp³-hybridized carbons (Fsp3) is 0.296. The Morgan fingerprint density at radius 2 is 2.03 bits per heavy atom. The van der Waals surface area contributed by atoms with Crippen LogP contribution >= 0.6 is 0 Å². The molecule has 0 unspecified atom stereocenters. The summed E-state index contributed by atoms with van der Waals surface area (Å²) in [6, 6.07) is 10.8. The van der Waals surface area contributed by atoms with Crippen molar-refractivity contribution in [1.29, 1.82) is 0 Å².